The van der Waals surface area contributed by atoms with Crippen molar-refractivity contribution in [3.8, 4) is 17.3 Å². The van der Waals surface area contributed by atoms with Crippen LogP contribution in [0.1, 0.15) is 10.4 Å². The molecular formula is C25H19FN4O3. The number of hydrogen-bond acceptors (Lipinski definition) is 6. The number of rotatable bonds is 7. The van der Waals surface area contributed by atoms with E-state index in [2.05, 4.69) is 15.4 Å². The van der Waals surface area contributed by atoms with Crippen molar-refractivity contribution in [3.63, 3.8) is 0 Å². The Morgan fingerprint density at radius 3 is 2.61 bits per heavy atom. The first kappa shape index (κ1) is 20.4. The molecule has 0 fully saturated rings. The monoisotopic (exact) mass is 442 g/mol. The van der Waals surface area contributed by atoms with Gasteiger partial charge in [-0.25, -0.2) is 4.39 Å². The Morgan fingerprint density at radius 1 is 1.00 bits per heavy atom. The molecule has 0 bridgehead atoms. The van der Waals surface area contributed by atoms with Crippen LogP contribution in [-0.4, -0.2) is 27.3 Å². The number of furan rings is 1. The highest BCUT2D eigenvalue weighted by Gasteiger charge is 2.19. The first-order valence-electron chi connectivity index (χ1n) is 10.3. The van der Waals surface area contributed by atoms with Crippen LogP contribution in [0.2, 0.25) is 0 Å². The zero-order valence-corrected chi connectivity index (χ0v) is 17.4. The van der Waals surface area contributed by atoms with Gasteiger partial charge in [0.1, 0.15) is 11.6 Å². The molecule has 3 aromatic carbocycles. The quantitative estimate of drug-likeness (QED) is 0.375. The summed E-state index contributed by atoms with van der Waals surface area (Å²) in [6.45, 7) is 0.0971. The molecule has 0 aliphatic heterocycles. The van der Waals surface area contributed by atoms with Gasteiger partial charge < -0.3 is 14.5 Å². The summed E-state index contributed by atoms with van der Waals surface area (Å²) in [5.74, 6) is 0.785. The van der Waals surface area contributed by atoms with E-state index in [1.807, 2.05) is 42.5 Å². The van der Waals surface area contributed by atoms with Crippen LogP contribution >= 0.6 is 0 Å². The lowest BCUT2D eigenvalue weighted by atomic mass is 10.1. The zero-order chi connectivity index (χ0) is 22.6. The van der Waals surface area contributed by atoms with Crippen molar-refractivity contribution in [1.29, 1.82) is 0 Å². The maximum Gasteiger partial charge on any atom is 0.287 e. The van der Waals surface area contributed by atoms with Gasteiger partial charge in [-0.15, -0.1) is 5.10 Å². The summed E-state index contributed by atoms with van der Waals surface area (Å²) in [6, 6.07) is 23.0. The van der Waals surface area contributed by atoms with E-state index < -0.39 is 5.91 Å². The molecule has 0 aliphatic rings. The number of nitrogens with zero attached hydrogens (tertiary/aromatic N) is 3. The van der Waals surface area contributed by atoms with Gasteiger partial charge in [-0.2, -0.15) is 9.67 Å². The van der Waals surface area contributed by atoms with Gasteiger partial charge in [0.2, 0.25) is 11.8 Å². The number of carbonyl (C=O) groups excluding carboxylic acids is 1. The fraction of sp³-hybridized carbons (Fsp3) is 0.0800. The molecule has 5 rings (SSSR count). The predicted octanol–water partition coefficient (Wildman–Crippen LogP) is 5.16. The number of nitrogens with one attached hydrogen (secondary N) is 1. The Balaban J connectivity index is 1.35. The van der Waals surface area contributed by atoms with Gasteiger partial charge in [0.25, 0.3) is 5.91 Å². The van der Waals surface area contributed by atoms with Crippen molar-refractivity contribution >= 4 is 22.6 Å². The molecule has 1 N–H and O–H groups in total. The smallest absolute Gasteiger partial charge is 0.287 e. The van der Waals surface area contributed by atoms with Gasteiger partial charge in [0, 0.05) is 6.54 Å². The van der Waals surface area contributed by atoms with Gasteiger partial charge in [-0.1, -0.05) is 42.5 Å². The molecule has 2 aromatic heterocycles. The average Bonchev–Trinajstić information content (AvgIpc) is 3.52. The Bertz CT molecular complexity index is 1400. The van der Waals surface area contributed by atoms with Crippen molar-refractivity contribution in [3.05, 3.63) is 96.5 Å². The van der Waals surface area contributed by atoms with Crippen molar-refractivity contribution < 1.29 is 18.3 Å². The third kappa shape index (κ3) is 4.59. The summed E-state index contributed by atoms with van der Waals surface area (Å²) in [4.78, 5) is 17.4. The van der Waals surface area contributed by atoms with E-state index in [0.717, 1.165) is 21.0 Å². The molecule has 0 unspecified atom stereocenters. The molecule has 0 atom stereocenters. The standard InChI is InChI=1S/C25H19FN4O3/c26-20-10-7-17(8-11-20)15-27-25-28-24(22-6-3-13-32-22)29-30(25)23(31)16-33-21-12-9-18-4-1-2-5-19(18)14-21/h1-14H,15-16H2,(H,27,28,29). The number of anilines is 1. The molecule has 0 radical (unpaired) electrons. The summed E-state index contributed by atoms with van der Waals surface area (Å²) in [7, 11) is 0. The number of hydrogen-bond donors (Lipinski definition) is 1. The van der Waals surface area contributed by atoms with Crippen molar-refractivity contribution in [1.82, 2.24) is 14.8 Å². The summed E-state index contributed by atoms with van der Waals surface area (Å²) in [5.41, 5.74) is 0.824. The van der Waals surface area contributed by atoms with Crippen LogP contribution < -0.4 is 10.1 Å². The van der Waals surface area contributed by atoms with Crippen molar-refractivity contribution in [2.45, 2.75) is 6.54 Å². The molecule has 164 valence electrons. The van der Waals surface area contributed by atoms with Crippen LogP contribution in [0.5, 0.6) is 5.75 Å². The minimum Gasteiger partial charge on any atom is -0.484 e. The zero-order valence-electron chi connectivity index (χ0n) is 17.4. The number of benzene rings is 3. The van der Waals surface area contributed by atoms with E-state index in [-0.39, 0.29) is 24.2 Å². The predicted molar refractivity (Wildman–Crippen MR) is 122 cm³/mol. The highest BCUT2D eigenvalue weighted by Crippen LogP contribution is 2.22. The van der Waals surface area contributed by atoms with Crippen molar-refractivity contribution in [2.75, 3.05) is 11.9 Å². The second-order valence-electron chi connectivity index (χ2n) is 7.32. The van der Waals surface area contributed by atoms with Crippen LogP contribution in [0.4, 0.5) is 10.3 Å². The lowest BCUT2D eigenvalue weighted by Gasteiger charge is -2.09. The molecule has 0 saturated carbocycles. The number of aromatic nitrogens is 3. The van der Waals surface area contributed by atoms with E-state index in [1.165, 1.54) is 18.4 Å². The molecule has 0 spiro atoms. The van der Waals surface area contributed by atoms with Crippen LogP contribution in [0.15, 0.2) is 89.5 Å². The SMILES string of the molecule is O=C(COc1ccc2ccccc2c1)n1nc(-c2ccco2)nc1NCc1ccc(F)cc1. The van der Waals surface area contributed by atoms with Gasteiger partial charge in [-0.3, -0.25) is 4.79 Å². The Hall–Kier alpha value is -4.46. The third-order valence-electron chi connectivity index (χ3n) is 5.03. The first-order valence-corrected chi connectivity index (χ1v) is 10.3. The van der Waals surface area contributed by atoms with Crippen LogP contribution in [0.3, 0.4) is 0 Å². The third-order valence-corrected chi connectivity index (χ3v) is 5.03. The molecule has 5 aromatic rings. The molecule has 8 heteroatoms. The normalized spacial score (nSPS) is 10.9. The van der Waals surface area contributed by atoms with E-state index in [0.29, 0.717) is 18.1 Å². The van der Waals surface area contributed by atoms with Crippen LogP contribution in [-0.2, 0) is 6.54 Å². The lowest BCUT2D eigenvalue weighted by Crippen LogP contribution is -2.22. The molecule has 33 heavy (non-hydrogen) atoms. The number of fused-ring (bicyclic) bond motifs is 1. The highest BCUT2D eigenvalue weighted by molar-refractivity contribution is 5.85. The van der Waals surface area contributed by atoms with Crippen LogP contribution in [0, 0.1) is 5.82 Å². The second-order valence-corrected chi connectivity index (χ2v) is 7.32. The summed E-state index contributed by atoms with van der Waals surface area (Å²) in [5, 5.41) is 9.49. The highest BCUT2D eigenvalue weighted by atomic mass is 19.1. The van der Waals surface area contributed by atoms with E-state index in [1.54, 1.807) is 24.3 Å². The van der Waals surface area contributed by atoms with Gasteiger partial charge in [-0.05, 0) is 52.7 Å². The fourth-order valence-electron chi connectivity index (χ4n) is 3.36. The van der Waals surface area contributed by atoms with Gasteiger partial charge >= 0.3 is 0 Å². The largest absolute Gasteiger partial charge is 0.484 e. The average molecular weight is 442 g/mol. The van der Waals surface area contributed by atoms with Gasteiger partial charge in [0.15, 0.2) is 12.4 Å². The molecule has 0 amide bonds. The second kappa shape index (κ2) is 8.96. The minimum absolute atomic E-state index is 0.232. The van der Waals surface area contributed by atoms with Crippen LogP contribution in [0.25, 0.3) is 22.4 Å². The molecule has 2 heterocycles. The lowest BCUT2D eigenvalue weighted by molar-refractivity contribution is 0.0824. The number of ether oxygens (including phenoxy) is 1. The van der Waals surface area contributed by atoms with Gasteiger partial charge in [0.05, 0.1) is 6.26 Å². The molecule has 0 aliphatic carbocycles. The Labute approximate surface area is 188 Å². The topological polar surface area (TPSA) is 82.2 Å². The molecule has 0 saturated heterocycles. The first-order chi connectivity index (χ1) is 16.2. The minimum atomic E-state index is -0.407. The molecular weight excluding hydrogens is 423 g/mol. The number of carbonyl (C=O) groups is 1. The van der Waals surface area contributed by atoms with Crippen molar-refractivity contribution in [2.24, 2.45) is 0 Å². The summed E-state index contributed by atoms with van der Waals surface area (Å²) < 4.78 is 25.4. The van der Waals surface area contributed by atoms with E-state index >= 15 is 0 Å². The Kier molecular flexibility index (Phi) is 5.55. The maximum absolute atomic E-state index is 13.2. The maximum atomic E-state index is 13.2. The number of halogens is 1. The van der Waals surface area contributed by atoms with E-state index in [4.69, 9.17) is 9.15 Å². The van der Waals surface area contributed by atoms with E-state index in [9.17, 15) is 9.18 Å². The summed E-state index contributed by atoms with van der Waals surface area (Å²) >= 11 is 0. The summed E-state index contributed by atoms with van der Waals surface area (Å²) in [6.07, 6.45) is 1.51. The molecule has 7 nitrogen and oxygen atoms in total. The fourth-order valence-corrected chi connectivity index (χ4v) is 3.36. The Morgan fingerprint density at radius 2 is 1.82 bits per heavy atom.